The van der Waals surface area contributed by atoms with E-state index in [1.54, 1.807) is 20.8 Å². The van der Waals surface area contributed by atoms with Crippen molar-refractivity contribution < 1.29 is 31.5 Å². The zero-order valence-corrected chi connectivity index (χ0v) is 17.3. The van der Waals surface area contributed by atoms with Crippen LogP contribution in [-0.2, 0) is 11.2 Å². The summed E-state index contributed by atoms with van der Waals surface area (Å²) in [6, 6.07) is -0.0793. The molecule has 3 rings (SSSR count). The first-order valence-corrected chi connectivity index (χ1v) is 9.98. The van der Waals surface area contributed by atoms with Crippen molar-refractivity contribution in [3.8, 4) is 0 Å². The highest BCUT2D eigenvalue weighted by Gasteiger charge is 2.47. The Hall–Kier alpha value is -2.24. The van der Waals surface area contributed by atoms with Crippen LogP contribution >= 0.6 is 11.3 Å². The van der Waals surface area contributed by atoms with Gasteiger partial charge in [-0.3, -0.25) is 0 Å². The molecule has 30 heavy (non-hydrogen) atoms. The number of piperidine rings is 1. The van der Waals surface area contributed by atoms with Crippen molar-refractivity contribution in [2.24, 2.45) is 0 Å². The quantitative estimate of drug-likeness (QED) is 0.675. The number of alkyl halides is 5. The second kappa shape index (κ2) is 7.78. The number of thiophene rings is 1. The van der Waals surface area contributed by atoms with Crippen LogP contribution in [0, 0.1) is 0 Å². The molecule has 0 radical (unpaired) electrons. The summed E-state index contributed by atoms with van der Waals surface area (Å²) in [4.78, 5) is 21.2. The minimum Gasteiger partial charge on any atom is -0.444 e. The molecule has 0 aromatic carbocycles. The Kier molecular flexibility index (Phi) is 5.82. The van der Waals surface area contributed by atoms with Crippen LogP contribution in [-0.4, -0.2) is 57.8 Å². The summed E-state index contributed by atoms with van der Waals surface area (Å²) in [5.41, 5.74) is -0.804. The molecular formula is C18H21F5N4O2S. The number of rotatable bonds is 3. The Morgan fingerprint density at radius 3 is 2.63 bits per heavy atom. The number of ether oxygens (including phenoxy) is 1. The fraction of sp³-hybridized carbons (Fsp3) is 0.611. The summed E-state index contributed by atoms with van der Waals surface area (Å²) < 4.78 is 72.6. The third kappa shape index (κ3) is 5.46. The number of carbonyl (C=O) groups excluding carboxylic acids is 1. The van der Waals surface area contributed by atoms with Crippen LogP contribution in [0.15, 0.2) is 12.4 Å². The van der Waals surface area contributed by atoms with Gasteiger partial charge in [0, 0.05) is 11.4 Å². The minimum absolute atomic E-state index is 0.0209. The molecule has 1 aliphatic rings. The lowest BCUT2D eigenvalue weighted by molar-refractivity contribution is -0.126. The molecule has 1 saturated heterocycles. The molecule has 1 unspecified atom stereocenters. The maximum Gasteiger partial charge on any atom is 0.410 e. The second-order valence-corrected chi connectivity index (χ2v) is 9.21. The normalized spacial score (nSPS) is 19.7. The van der Waals surface area contributed by atoms with Crippen LogP contribution < -0.4 is 5.32 Å². The van der Waals surface area contributed by atoms with Crippen LogP contribution in [0.2, 0.25) is 0 Å². The van der Waals surface area contributed by atoms with Crippen molar-refractivity contribution in [1.29, 1.82) is 0 Å². The average Bonchev–Trinajstić information content (AvgIpc) is 2.95. The molecule has 0 spiro atoms. The van der Waals surface area contributed by atoms with Gasteiger partial charge in [-0.1, -0.05) is 0 Å². The van der Waals surface area contributed by atoms with E-state index in [0.29, 0.717) is 0 Å². The molecular weight excluding hydrogens is 431 g/mol. The second-order valence-electron chi connectivity index (χ2n) is 8.09. The summed E-state index contributed by atoms with van der Waals surface area (Å²) in [6.07, 6.45) is -5.30. The molecule has 1 aliphatic heterocycles. The highest BCUT2D eigenvalue weighted by molar-refractivity contribution is 7.18. The standard InChI is InChI=1S/C18H21F5N4O2S/c1-16(2,3)29-15(28)27-5-4-12(17(19,20)8-27)26-13-11-6-10(7-18(21,22)23)30-14(11)25-9-24-13/h6,9,12H,4-5,7-8H2,1-3H3,(H,24,25,26). The van der Waals surface area contributed by atoms with E-state index < -0.39 is 42.8 Å². The summed E-state index contributed by atoms with van der Waals surface area (Å²) >= 11 is 0.842. The number of amides is 1. The maximum absolute atomic E-state index is 14.7. The fourth-order valence-electron chi connectivity index (χ4n) is 3.07. The Labute approximate surface area is 173 Å². The lowest BCUT2D eigenvalue weighted by Crippen LogP contribution is -2.56. The number of carbonyl (C=O) groups is 1. The van der Waals surface area contributed by atoms with Crippen molar-refractivity contribution in [1.82, 2.24) is 14.9 Å². The summed E-state index contributed by atoms with van der Waals surface area (Å²) in [6.45, 7) is 4.14. The first-order chi connectivity index (χ1) is 13.7. The number of fused-ring (bicyclic) bond motifs is 1. The van der Waals surface area contributed by atoms with Gasteiger partial charge in [-0.25, -0.2) is 23.5 Å². The van der Waals surface area contributed by atoms with Crippen molar-refractivity contribution >= 4 is 33.5 Å². The van der Waals surface area contributed by atoms with Gasteiger partial charge in [-0.05, 0) is 33.3 Å². The number of likely N-dealkylation sites (tertiary alicyclic amines) is 1. The predicted octanol–water partition coefficient (Wildman–Crippen LogP) is 4.85. The topological polar surface area (TPSA) is 67.3 Å². The van der Waals surface area contributed by atoms with Gasteiger partial charge in [-0.2, -0.15) is 13.2 Å². The van der Waals surface area contributed by atoms with Gasteiger partial charge in [0.05, 0.1) is 24.4 Å². The van der Waals surface area contributed by atoms with E-state index >= 15 is 0 Å². The van der Waals surface area contributed by atoms with Gasteiger partial charge < -0.3 is 15.0 Å². The summed E-state index contributed by atoms with van der Waals surface area (Å²) in [5, 5.41) is 2.90. The number of hydrogen-bond donors (Lipinski definition) is 1. The van der Waals surface area contributed by atoms with E-state index in [1.807, 2.05) is 0 Å². The lowest BCUT2D eigenvalue weighted by Gasteiger charge is -2.39. The molecule has 0 bridgehead atoms. The van der Waals surface area contributed by atoms with Gasteiger partial charge in [-0.15, -0.1) is 11.3 Å². The van der Waals surface area contributed by atoms with Crippen LogP contribution in [0.3, 0.4) is 0 Å². The zero-order chi connectivity index (χ0) is 22.3. The lowest BCUT2D eigenvalue weighted by atomic mass is 10.0. The van der Waals surface area contributed by atoms with Gasteiger partial charge in [0.1, 0.15) is 22.6 Å². The molecule has 3 heterocycles. The monoisotopic (exact) mass is 452 g/mol. The van der Waals surface area contributed by atoms with Gasteiger partial charge in [0.25, 0.3) is 5.92 Å². The van der Waals surface area contributed by atoms with Crippen molar-refractivity contribution in [2.75, 3.05) is 18.4 Å². The molecule has 0 aliphatic carbocycles. The highest BCUT2D eigenvalue weighted by Crippen LogP contribution is 2.35. The number of nitrogens with zero attached hydrogens (tertiary/aromatic N) is 3. The van der Waals surface area contributed by atoms with Crippen LogP contribution in [0.5, 0.6) is 0 Å². The molecule has 1 fully saturated rings. The molecule has 12 heteroatoms. The number of anilines is 1. The summed E-state index contributed by atoms with van der Waals surface area (Å²) in [5.74, 6) is -3.25. The predicted molar refractivity (Wildman–Crippen MR) is 102 cm³/mol. The largest absolute Gasteiger partial charge is 0.444 e. The van der Waals surface area contributed by atoms with Crippen molar-refractivity contribution in [2.45, 2.75) is 57.4 Å². The molecule has 1 amide bonds. The van der Waals surface area contributed by atoms with E-state index in [-0.39, 0.29) is 33.9 Å². The van der Waals surface area contributed by atoms with Gasteiger partial charge in [0.15, 0.2) is 0 Å². The first kappa shape index (κ1) is 22.4. The van der Waals surface area contributed by atoms with Crippen molar-refractivity contribution in [3.63, 3.8) is 0 Å². The van der Waals surface area contributed by atoms with Gasteiger partial charge >= 0.3 is 12.3 Å². The van der Waals surface area contributed by atoms with Crippen LogP contribution in [0.1, 0.15) is 32.1 Å². The van der Waals surface area contributed by atoms with E-state index in [2.05, 4.69) is 15.3 Å². The van der Waals surface area contributed by atoms with Crippen LogP contribution in [0.25, 0.3) is 10.2 Å². The Balaban J connectivity index is 1.75. The van der Waals surface area contributed by atoms with Crippen LogP contribution in [0.4, 0.5) is 32.6 Å². The summed E-state index contributed by atoms with van der Waals surface area (Å²) in [7, 11) is 0. The average molecular weight is 452 g/mol. The zero-order valence-electron chi connectivity index (χ0n) is 16.5. The first-order valence-electron chi connectivity index (χ1n) is 9.16. The number of nitrogens with one attached hydrogen (secondary N) is 1. The smallest absolute Gasteiger partial charge is 0.410 e. The molecule has 2 aromatic rings. The molecule has 2 aromatic heterocycles. The number of halogens is 5. The molecule has 0 saturated carbocycles. The molecule has 1 N–H and O–H groups in total. The Morgan fingerprint density at radius 2 is 2.03 bits per heavy atom. The van der Waals surface area contributed by atoms with E-state index in [1.165, 1.54) is 6.07 Å². The highest BCUT2D eigenvalue weighted by atomic mass is 32.1. The maximum atomic E-state index is 14.7. The fourth-order valence-corrected chi connectivity index (χ4v) is 4.10. The SMILES string of the molecule is CC(C)(C)OC(=O)N1CCC(Nc2ncnc3sc(CC(F)(F)F)cc23)C(F)(F)C1. The van der Waals surface area contributed by atoms with E-state index in [9.17, 15) is 26.7 Å². The Morgan fingerprint density at radius 1 is 1.33 bits per heavy atom. The number of aromatic nitrogens is 2. The molecule has 1 atom stereocenters. The molecule has 166 valence electrons. The Bertz CT molecular complexity index is 925. The van der Waals surface area contributed by atoms with Gasteiger partial charge in [0.2, 0.25) is 0 Å². The number of hydrogen-bond acceptors (Lipinski definition) is 6. The molecule has 6 nitrogen and oxygen atoms in total. The van der Waals surface area contributed by atoms with E-state index in [4.69, 9.17) is 4.74 Å². The minimum atomic E-state index is -4.39. The van der Waals surface area contributed by atoms with Crippen molar-refractivity contribution in [3.05, 3.63) is 17.3 Å². The third-order valence-corrected chi connectivity index (χ3v) is 5.36. The third-order valence-electron chi connectivity index (χ3n) is 4.32. The van der Waals surface area contributed by atoms with E-state index in [0.717, 1.165) is 22.6 Å².